The molecule has 1 rings (SSSR count). The highest BCUT2D eigenvalue weighted by Crippen LogP contribution is 2.25. The molecule has 1 aromatic heterocycles. The van der Waals surface area contributed by atoms with Crippen LogP contribution in [-0.2, 0) is 0 Å². The largest absolute Gasteiger partial charge is 0.477 e. The van der Waals surface area contributed by atoms with E-state index in [9.17, 15) is 4.79 Å². The van der Waals surface area contributed by atoms with Gasteiger partial charge in [0.1, 0.15) is 10.9 Å². The number of hydrogen-bond acceptors (Lipinski definition) is 4. The van der Waals surface area contributed by atoms with E-state index in [-0.39, 0.29) is 6.04 Å². The van der Waals surface area contributed by atoms with Gasteiger partial charge in [0, 0.05) is 4.88 Å². The zero-order valence-electron chi connectivity index (χ0n) is 6.44. The number of rotatable bonds is 3. The molecular formula is C7H8N2O2S. The Hall–Kier alpha value is -1.23. The van der Waals surface area contributed by atoms with Gasteiger partial charge in [0.05, 0.1) is 0 Å². The number of carbonyl (C=O) groups is 1. The second-order valence-electron chi connectivity index (χ2n) is 2.31. The molecule has 0 radical (unpaired) electrons. The van der Waals surface area contributed by atoms with Gasteiger partial charge in [-0.1, -0.05) is 0 Å². The van der Waals surface area contributed by atoms with Crippen molar-refractivity contribution in [3.05, 3.63) is 21.9 Å². The van der Waals surface area contributed by atoms with Crippen LogP contribution >= 0.6 is 11.3 Å². The van der Waals surface area contributed by atoms with Crippen LogP contribution in [-0.4, -0.2) is 11.1 Å². The molecule has 1 aromatic rings. The van der Waals surface area contributed by atoms with Crippen LogP contribution in [0.2, 0.25) is 0 Å². The number of hydrogen-bond donors (Lipinski definition) is 2. The summed E-state index contributed by atoms with van der Waals surface area (Å²) in [5, 5.41) is 11.9. The van der Waals surface area contributed by atoms with Crippen LogP contribution in [0, 0.1) is 5.53 Å². The summed E-state index contributed by atoms with van der Waals surface area (Å²) in [4.78, 5) is 11.6. The van der Waals surface area contributed by atoms with Gasteiger partial charge < -0.3 is 5.11 Å². The van der Waals surface area contributed by atoms with Gasteiger partial charge in [0.2, 0.25) is 0 Å². The Kier molecular flexibility index (Phi) is 2.54. The minimum absolute atomic E-state index is 0.233. The number of carboxylic acid groups (broad SMARTS) is 1. The molecule has 1 atom stereocenters. The molecule has 0 saturated heterocycles. The summed E-state index contributed by atoms with van der Waals surface area (Å²) in [6.45, 7) is 1.75. The maximum Gasteiger partial charge on any atom is 0.345 e. The van der Waals surface area contributed by atoms with Crippen molar-refractivity contribution in [3.63, 3.8) is 0 Å². The van der Waals surface area contributed by atoms with Crippen LogP contribution in [0.1, 0.15) is 27.5 Å². The fraction of sp³-hybridized carbons (Fsp3) is 0.286. The zero-order valence-corrected chi connectivity index (χ0v) is 7.26. The highest BCUT2D eigenvalue weighted by Gasteiger charge is 2.10. The predicted octanol–water partition coefficient (Wildman–Crippen LogP) is 2.54. The van der Waals surface area contributed by atoms with Crippen molar-refractivity contribution in [2.45, 2.75) is 13.0 Å². The summed E-state index contributed by atoms with van der Waals surface area (Å²) in [7, 11) is 0. The van der Waals surface area contributed by atoms with Crippen molar-refractivity contribution in [1.82, 2.24) is 0 Å². The number of nitrogens with one attached hydrogen (secondary N) is 1. The van der Waals surface area contributed by atoms with Gasteiger partial charge in [-0.25, -0.2) is 10.3 Å². The molecule has 64 valence electrons. The molecule has 5 heteroatoms. The van der Waals surface area contributed by atoms with Gasteiger partial charge in [-0.3, -0.25) is 0 Å². The monoisotopic (exact) mass is 184 g/mol. The molecule has 0 aliphatic rings. The first-order valence-corrected chi connectivity index (χ1v) is 4.16. The summed E-state index contributed by atoms with van der Waals surface area (Å²) >= 11 is 1.16. The second kappa shape index (κ2) is 3.44. The fourth-order valence-corrected chi connectivity index (χ4v) is 1.59. The standard InChI is InChI=1S/C7H8N2O2S/c1-4(9-8)5-2-3-6(12-5)7(10)11/h2-4,8H,1H3,(H,10,11). The SMILES string of the molecule is CC(N=N)c1ccc(C(=O)O)s1. The number of nitrogens with zero attached hydrogens (tertiary/aromatic N) is 1. The van der Waals surface area contributed by atoms with E-state index in [1.54, 1.807) is 13.0 Å². The lowest BCUT2D eigenvalue weighted by Crippen LogP contribution is -1.89. The molecule has 0 aliphatic heterocycles. The summed E-state index contributed by atoms with van der Waals surface area (Å²) < 4.78 is 0. The molecule has 1 unspecified atom stereocenters. The molecular weight excluding hydrogens is 176 g/mol. The third-order valence-corrected chi connectivity index (χ3v) is 2.69. The van der Waals surface area contributed by atoms with E-state index in [1.807, 2.05) is 0 Å². The first kappa shape index (κ1) is 8.86. The van der Waals surface area contributed by atoms with E-state index >= 15 is 0 Å². The van der Waals surface area contributed by atoms with Gasteiger partial charge in [-0.15, -0.1) is 11.3 Å². The average molecular weight is 184 g/mol. The van der Waals surface area contributed by atoms with E-state index in [4.69, 9.17) is 10.6 Å². The van der Waals surface area contributed by atoms with Crippen molar-refractivity contribution >= 4 is 17.3 Å². The van der Waals surface area contributed by atoms with Crippen LogP contribution in [0.15, 0.2) is 17.2 Å². The Labute approximate surface area is 73.4 Å². The molecule has 12 heavy (non-hydrogen) atoms. The maximum absolute atomic E-state index is 10.5. The van der Waals surface area contributed by atoms with Crippen molar-refractivity contribution < 1.29 is 9.90 Å². The van der Waals surface area contributed by atoms with Gasteiger partial charge in [-0.2, -0.15) is 5.11 Å². The normalized spacial score (nSPS) is 12.4. The lowest BCUT2D eigenvalue weighted by molar-refractivity contribution is 0.0702. The minimum atomic E-state index is -0.927. The Bertz CT molecular complexity index is 308. The first-order valence-electron chi connectivity index (χ1n) is 3.34. The lowest BCUT2D eigenvalue weighted by Gasteiger charge is -1.96. The first-order chi connectivity index (χ1) is 5.65. The smallest absolute Gasteiger partial charge is 0.345 e. The fourth-order valence-electron chi connectivity index (χ4n) is 0.756. The van der Waals surface area contributed by atoms with Gasteiger partial charge in [0.25, 0.3) is 0 Å². The lowest BCUT2D eigenvalue weighted by atomic mass is 10.3. The zero-order chi connectivity index (χ0) is 9.14. The van der Waals surface area contributed by atoms with E-state index in [0.717, 1.165) is 16.2 Å². The quantitative estimate of drug-likeness (QED) is 0.708. The van der Waals surface area contributed by atoms with Crippen molar-refractivity contribution in [2.24, 2.45) is 5.11 Å². The summed E-state index contributed by atoms with van der Waals surface area (Å²) in [6, 6.07) is 2.99. The summed E-state index contributed by atoms with van der Waals surface area (Å²) in [6.07, 6.45) is 0. The average Bonchev–Trinajstić information content (AvgIpc) is 2.51. The minimum Gasteiger partial charge on any atom is -0.477 e. The molecule has 0 fully saturated rings. The highest BCUT2D eigenvalue weighted by molar-refractivity contribution is 7.14. The van der Waals surface area contributed by atoms with Crippen molar-refractivity contribution in [2.75, 3.05) is 0 Å². The molecule has 0 aliphatic carbocycles. The molecule has 0 saturated carbocycles. The van der Waals surface area contributed by atoms with E-state index in [2.05, 4.69) is 5.11 Å². The van der Waals surface area contributed by atoms with Gasteiger partial charge in [0.15, 0.2) is 0 Å². The predicted molar refractivity (Wildman–Crippen MR) is 44.8 cm³/mol. The molecule has 0 bridgehead atoms. The van der Waals surface area contributed by atoms with Crippen LogP contribution < -0.4 is 0 Å². The molecule has 0 aromatic carbocycles. The highest BCUT2D eigenvalue weighted by atomic mass is 32.1. The van der Waals surface area contributed by atoms with Crippen LogP contribution in [0.5, 0.6) is 0 Å². The van der Waals surface area contributed by atoms with Crippen molar-refractivity contribution in [3.8, 4) is 0 Å². The number of carboxylic acids is 1. The Morgan fingerprint density at radius 2 is 2.42 bits per heavy atom. The Morgan fingerprint density at radius 3 is 2.83 bits per heavy atom. The van der Waals surface area contributed by atoms with Crippen LogP contribution in [0.4, 0.5) is 0 Å². The molecule has 1 heterocycles. The third-order valence-electron chi connectivity index (χ3n) is 1.44. The van der Waals surface area contributed by atoms with E-state index in [0.29, 0.717) is 4.88 Å². The second-order valence-corrected chi connectivity index (χ2v) is 3.43. The van der Waals surface area contributed by atoms with Gasteiger partial charge >= 0.3 is 5.97 Å². The van der Waals surface area contributed by atoms with E-state index < -0.39 is 5.97 Å². The Balaban J connectivity index is 2.91. The summed E-state index contributed by atoms with van der Waals surface area (Å²) in [5.74, 6) is -0.927. The molecule has 2 N–H and O–H groups in total. The third kappa shape index (κ3) is 1.68. The molecule has 4 nitrogen and oxygen atoms in total. The molecule has 0 amide bonds. The maximum atomic E-state index is 10.5. The van der Waals surface area contributed by atoms with E-state index in [1.165, 1.54) is 6.07 Å². The number of thiophene rings is 1. The number of aromatic carboxylic acids is 1. The Morgan fingerprint density at radius 1 is 1.75 bits per heavy atom. The summed E-state index contributed by atoms with van der Waals surface area (Å²) in [5.41, 5.74) is 6.75. The molecule has 0 spiro atoms. The van der Waals surface area contributed by atoms with Crippen LogP contribution in [0.25, 0.3) is 0 Å². The van der Waals surface area contributed by atoms with Crippen LogP contribution in [0.3, 0.4) is 0 Å². The van der Waals surface area contributed by atoms with Crippen molar-refractivity contribution in [1.29, 1.82) is 5.53 Å². The topological polar surface area (TPSA) is 73.5 Å². The van der Waals surface area contributed by atoms with Gasteiger partial charge in [-0.05, 0) is 19.1 Å².